The van der Waals surface area contributed by atoms with Gasteiger partial charge in [0.05, 0.1) is 0 Å². The Balaban J connectivity index is 2.33. The summed E-state index contributed by atoms with van der Waals surface area (Å²) in [4.78, 5) is 13.7. The summed E-state index contributed by atoms with van der Waals surface area (Å²) in [5.74, 6) is 0.239. The largest absolute Gasteiger partial charge is 0.326 e. The molecule has 0 saturated carbocycles. The van der Waals surface area contributed by atoms with Crippen molar-refractivity contribution < 1.29 is 4.79 Å². The summed E-state index contributed by atoms with van der Waals surface area (Å²) in [5, 5.41) is 0. The van der Waals surface area contributed by atoms with Crippen molar-refractivity contribution in [3.63, 3.8) is 0 Å². The van der Waals surface area contributed by atoms with Crippen molar-refractivity contribution in [1.29, 1.82) is 0 Å². The molecule has 1 aliphatic rings. The van der Waals surface area contributed by atoms with E-state index in [1.165, 1.54) is 0 Å². The van der Waals surface area contributed by atoms with Gasteiger partial charge in [0.2, 0.25) is 5.91 Å². The van der Waals surface area contributed by atoms with Crippen molar-refractivity contribution in [2.75, 3.05) is 11.4 Å². The monoisotopic (exact) mass is 218 g/mol. The molecular formula is C13H18N2O. The molecule has 0 radical (unpaired) electrons. The molecule has 0 bridgehead atoms. The lowest BCUT2D eigenvalue weighted by Crippen LogP contribution is -2.35. The number of rotatable bonds is 2. The van der Waals surface area contributed by atoms with Crippen LogP contribution in [0, 0.1) is 6.92 Å². The standard InChI is InChI=1S/C13H18N2O/c1-10-5-6-11(9-14)8-12(10)15-7-3-2-4-13(15)16/h5-6,8H,2-4,7,9,14H2,1H3. The Labute approximate surface area is 96.2 Å². The number of nitrogens with zero attached hydrogens (tertiary/aromatic N) is 1. The molecule has 0 aromatic heterocycles. The van der Waals surface area contributed by atoms with Crippen LogP contribution in [-0.4, -0.2) is 12.5 Å². The fourth-order valence-electron chi connectivity index (χ4n) is 2.13. The van der Waals surface area contributed by atoms with Gasteiger partial charge in [0.25, 0.3) is 0 Å². The summed E-state index contributed by atoms with van der Waals surface area (Å²) in [6.07, 6.45) is 2.79. The van der Waals surface area contributed by atoms with E-state index >= 15 is 0 Å². The molecule has 0 atom stereocenters. The lowest BCUT2D eigenvalue weighted by atomic mass is 10.0. The second-order valence-corrected chi connectivity index (χ2v) is 4.33. The number of carbonyl (C=O) groups excluding carboxylic acids is 1. The summed E-state index contributed by atoms with van der Waals surface area (Å²) in [7, 11) is 0. The molecule has 1 aliphatic heterocycles. The quantitative estimate of drug-likeness (QED) is 0.825. The second-order valence-electron chi connectivity index (χ2n) is 4.33. The van der Waals surface area contributed by atoms with Gasteiger partial charge >= 0.3 is 0 Å². The Morgan fingerprint density at radius 2 is 2.19 bits per heavy atom. The SMILES string of the molecule is Cc1ccc(CN)cc1N1CCCCC1=O. The highest BCUT2D eigenvalue weighted by molar-refractivity contribution is 5.94. The first-order valence-corrected chi connectivity index (χ1v) is 5.82. The van der Waals surface area contributed by atoms with Crippen molar-refractivity contribution in [1.82, 2.24) is 0 Å². The van der Waals surface area contributed by atoms with Gasteiger partial charge in [-0.3, -0.25) is 4.79 Å². The van der Waals surface area contributed by atoms with Crippen molar-refractivity contribution in [2.24, 2.45) is 5.73 Å². The molecule has 86 valence electrons. The van der Waals surface area contributed by atoms with Gasteiger partial charge in [-0.1, -0.05) is 12.1 Å². The van der Waals surface area contributed by atoms with Crippen LogP contribution in [0.2, 0.25) is 0 Å². The predicted molar refractivity (Wildman–Crippen MR) is 65.3 cm³/mol. The Bertz CT molecular complexity index is 401. The summed E-state index contributed by atoms with van der Waals surface area (Å²) >= 11 is 0. The van der Waals surface area contributed by atoms with Crippen molar-refractivity contribution in [3.8, 4) is 0 Å². The van der Waals surface area contributed by atoms with E-state index in [0.717, 1.165) is 36.2 Å². The zero-order valence-corrected chi connectivity index (χ0v) is 9.70. The van der Waals surface area contributed by atoms with Crippen LogP contribution in [0.5, 0.6) is 0 Å². The lowest BCUT2D eigenvalue weighted by Gasteiger charge is -2.28. The average Bonchev–Trinajstić information content (AvgIpc) is 2.31. The van der Waals surface area contributed by atoms with Gasteiger partial charge in [0.1, 0.15) is 0 Å². The van der Waals surface area contributed by atoms with Crippen LogP contribution in [0.3, 0.4) is 0 Å². The van der Waals surface area contributed by atoms with E-state index in [0.29, 0.717) is 13.0 Å². The number of amides is 1. The highest BCUT2D eigenvalue weighted by atomic mass is 16.2. The number of hydrogen-bond acceptors (Lipinski definition) is 2. The molecule has 16 heavy (non-hydrogen) atoms. The minimum Gasteiger partial charge on any atom is -0.326 e. The molecule has 0 spiro atoms. The first-order valence-electron chi connectivity index (χ1n) is 5.82. The van der Waals surface area contributed by atoms with Gasteiger partial charge in [0, 0.05) is 25.2 Å². The molecule has 1 amide bonds. The molecule has 0 unspecified atom stereocenters. The number of carbonyl (C=O) groups is 1. The maximum absolute atomic E-state index is 11.8. The molecule has 1 saturated heterocycles. The van der Waals surface area contributed by atoms with E-state index in [1.54, 1.807) is 0 Å². The van der Waals surface area contributed by atoms with Crippen molar-refractivity contribution in [2.45, 2.75) is 32.7 Å². The molecule has 1 aromatic rings. The Morgan fingerprint density at radius 3 is 2.88 bits per heavy atom. The minimum absolute atomic E-state index is 0.239. The lowest BCUT2D eigenvalue weighted by molar-refractivity contribution is -0.119. The van der Waals surface area contributed by atoms with Crippen molar-refractivity contribution >= 4 is 11.6 Å². The van der Waals surface area contributed by atoms with E-state index in [1.807, 2.05) is 30.0 Å². The van der Waals surface area contributed by atoms with Gasteiger partial charge in [-0.2, -0.15) is 0 Å². The smallest absolute Gasteiger partial charge is 0.226 e. The van der Waals surface area contributed by atoms with Crippen LogP contribution in [0.25, 0.3) is 0 Å². The molecule has 3 heteroatoms. The summed E-state index contributed by atoms with van der Waals surface area (Å²) in [6.45, 7) is 3.40. The molecule has 3 nitrogen and oxygen atoms in total. The molecule has 1 heterocycles. The highest BCUT2D eigenvalue weighted by Gasteiger charge is 2.20. The van der Waals surface area contributed by atoms with Crippen LogP contribution < -0.4 is 10.6 Å². The predicted octanol–water partition coefficient (Wildman–Crippen LogP) is 1.97. The third kappa shape index (κ3) is 2.09. The minimum atomic E-state index is 0.239. The Kier molecular flexibility index (Phi) is 3.25. The second kappa shape index (κ2) is 4.66. The summed E-state index contributed by atoms with van der Waals surface area (Å²) in [5.41, 5.74) is 8.89. The van der Waals surface area contributed by atoms with E-state index in [-0.39, 0.29) is 5.91 Å². The molecule has 1 fully saturated rings. The zero-order chi connectivity index (χ0) is 11.5. The number of benzene rings is 1. The highest BCUT2D eigenvalue weighted by Crippen LogP contribution is 2.25. The summed E-state index contributed by atoms with van der Waals surface area (Å²) < 4.78 is 0. The zero-order valence-electron chi connectivity index (χ0n) is 9.70. The van der Waals surface area contributed by atoms with Gasteiger partial charge < -0.3 is 10.6 Å². The third-order valence-electron chi connectivity index (χ3n) is 3.12. The molecular weight excluding hydrogens is 200 g/mol. The number of aryl methyl sites for hydroxylation is 1. The molecule has 0 aliphatic carbocycles. The van der Waals surface area contributed by atoms with E-state index in [9.17, 15) is 4.79 Å². The fourth-order valence-corrected chi connectivity index (χ4v) is 2.13. The van der Waals surface area contributed by atoms with Gasteiger partial charge in [-0.25, -0.2) is 0 Å². The van der Waals surface area contributed by atoms with E-state index < -0.39 is 0 Å². The number of hydrogen-bond donors (Lipinski definition) is 1. The van der Waals surface area contributed by atoms with Crippen LogP contribution in [0.4, 0.5) is 5.69 Å². The van der Waals surface area contributed by atoms with Crippen LogP contribution in [0.1, 0.15) is 30.4 Å². The maximum Gasteiger partial charge on any atom is 0.226 e. The fraction of sp³-hybridized carbons (Fsp3) is 0.462. The Morgan fingerprint density at radius 1 is 1.38 bits per heavy atom. The number of nitrogens with two attached hydrogens (primary N) is 1. The van der Waals surface area contributed by atoms with E-state index in [2.05, 4.69) is 0 Å². The van der Waals surface area contributed by atoms with Gasteiger partial charge in [0.15, 0.2) is 0 Å². The van der Waals surface area contributed by atoms with E-state index in [4.69, 9.17) is 5.73 Å². The van der Waals surface area contributed by atoms with Crippen LogP contribution in [-0.2, 0) is 11.3 Å². The number of piperidine rings is 1. The maximum atomic E-state index is 11.8. The third-order valence-corrected chi connectivity index (χ3v) is 3.12. The topological polar surface area (TPSA) is 46.3 Å². The normalized spacial score (nSPS) is 16.6. The molecule has 1 aromatic carbocycles. The first-order chi connectivity index (χ1) is 7.72. The number of anilines is 1. The van der Waals surface area contributed by atoms with Crippen LogP contribution >= 0.6 is 0 Å². The van der Waals surface area contributed by atoms with Crippen LogP contribution in [0.15, 0.2) is 18.2 Å². The average molecular weight is 218 g/mol. The summed E-state index contributed by atoms with van der Waals surface area (Å²) in [6, 6.07) is 6.10. The molecule has 2 rings (SSSR count). The first kappa shape index (κ1) is 11.1. The molecule has 2 N–H and O–H groups in total. The Hall–Kier alpha value is -1.35. The van der Waals surface area contributed by atoms with Gasteiger partial charge in [-0.15, -0.1) is 0 Å². The van der Waals surface area contributed by atoms with Gasteiger partial charge in [-0.05, 0) is 37.0 Å². The van der Waals surface area contributed by atoms with Crippen molar-refractivity contribution in [3.05, 3.63) is 29.3 Å².